The van der Waals surface area contributed by atoms with Gasteiger partial charge in [0.2, 0.25) is 0 Å². The maximum absolute atomic E-state index is 11.9. The quantitative estimate of drug-likeness (QED) is 0.725. The van der Waals surface area contributed by atoms with Gasteiger partial charge in [-0.25, -0.2) is 0 Å². The molecule has 8 nitrogen and oxygen atoms in total. The topological polar surface area (TPSA) is 96.5 Å². The van der Waals surface area contributed by atoms with E-state index >= 15 is 0 Å². The van der Waals surface area contributed by atoms with Gasteiger partial charge in [-0.1, -0.05) is 13.8 Å². The summed E-state index contributed by atoms with van der Waals surface area (Å²) >= 11 is 0. The highest BCUT2D eigenvalue weighted by Crippen LogP contribution is 2.10. The molecule has 0 radical (unpaired) electrons. The number of carbonyl (C=O) groups excluding carboxylic acids is 2. The first-order chi connectivity index (χ1) is 12.7. The highest BCUT2D eigenvalue weighted by Gasteiger charge is 2.13. The number of amides is 1. The lowest BCUT2D eigenvalue weighted by atomic mass is 10.1. The lowest BCUT2D eigenvalue weighted by Gasteiger charge is -2.27. The fourth-order valence-electron chi connectivity index (χ4n) is 2.22. The third-order valence-electron chi connectivity index (χ3n) is 3.73. The fourth-order valence-corrected chi connectivity index (χ4v) is 2.22. The van der Waals surface area contributed by atoms with Crippen LogP contribution >= 0.6 is 0 Å². The smallest absolute Gasteiger partial charge is 0.293 e. The molecule has 0 aromatic carbocycles. The van der Waals surface area contributed by atoms with Crippen molar-refractivity contribution in [2.24, 2.45) is 5.92 Å². The molecule has 1 amide bonds. The number of aromatic nitrogens is 2. The summed E-state index contributed by atoms with van der Waals surface area (Å²) in [5, 5.41) is 14.3. The Labute approximate surface area is 162 Å². The van der Waals surface area contributed by atoms with Gasteiger partial charge < -0.3 is 20.3 Å². The second-order valence-corrected chi connectivity index (χ2v) is 7.78. The van der Waals surface area contributed by atoms with Gasteiger partial charge in [0.25, 0.3) is 12.4 Å². The second kappa shape index (κ2) is 11.5. The van der Waals surface area contributed by atoms with Crippen LogP contribution in [0.4, 0.5) is 5.82 Å². The third kappa shape index (κ3) is 9.89. The average Bonchev–Trinajstić information content (AvgIpc) is 2.62. The summed E-state index contributed by atoms with van der Waals surface area (Å²) < 4.78 is 4.55. The number of hydrogen-bond acceptors (Lipinski definition) is 7. The number of anilines is 1. The van der Waals surface area contributed by atoms with Crippen LogP contribution in [0.25, 0.3) is 0 Å². The molecule has 0 aliphatic carbocycles. The van der Waals surface area contributed by atoms with E-state index in [2.05, 4.69) is 44.3 Å². The maximum Gasteiger partial charge on any atom is 0.293 e. The molecule has 1 aliphatic rings. The van der Waals surface area contributed by atoms with Crippen molar-refractivity contribution in [1.82, 2.24) is 20.8 Å². The van der Waals surface area contributed by atoms with E-state index in [1.807, 2.05) is 26.8 Å². The Bertz CT molecular complexity index is 564. The molecule has 1 aromatic rings. The van der Waals surface area contributed by atoms with Crippen molar-refractivity contribution in [3.05, 3.63) is 17.8 Å². The summed E-state index contributed by atoms with van der Waals surface area (Å²) in [6, 6.07) is 3.62. The van der Waals surface area contributed by atoms with Crippen molar-refractivity contribution < 1.29 is 14.3 Å². The molecule has 2 heterocycles. The summed E-state index contributed by atoms with van der Waals surface area (Å²) in [5.74, 6) is 1.27. The first-order valence-electron chi connectivity index (χ1n) is 9.42. The standard InChI is InChI=1S/C14H23N5O.C5H10O2/c1-11(2)5-6-16-14(20)12-3-4-13(18-17-12)19-9-7-15-8-10-19;1-5(2,3)7-4-6/h3-4,11,15H,5-10H2,1-2H3,(H,16,20);4H,1-3H3. The Kier molecular flexibility index (Phi) is 9.71. The van der Waals surface area contributed by atoms with Crippen LogP contribution in [-0.2, 0) is 9.53 Å². The summed E-state index contributed by atoms with van der Waals surface area (Å²) in [6.45, 7) is 14.6. The van der Waals surface area contributed by atoms with E-state index in [0.29, 0.717) is 24.6 Å². The van der Waals surface area contributed by atoms with Gasteiger partial charge in [0.05, 0.1) is 0 Å². The zero-order chi connectivity index (χ0) is 20.3. The monoisotopic (exact) mass is 379 g/mol. The van der Waals surface area contributed by atoms with Crippen LogP contribution in [0.1, 0.15) is 51.5 Å². The van der Waals surface area contributed by atoms with Gasteiger partial charge in [0, 0.05) is 32.7 Å². The predicted octanol–water partition coefficient (Wildman–Crippen LogP) is 1.62. The van der Waals surface area contributed by atoms with Crippen LogP contribution in [0.3, 0.4) is 0 Å². The van der Waals surface area contributed by atoms with Crippen molar-refractivity contribution in [1.29, 1.82) is 0 Å². The number of ether oxygens (including phenoxy) is 1. The van der Waals surface area contributed by atoms with E-state index in [4.69, 9.17) is 0 Å². The number of piperazine rings is 1. The molecule has 1 aromatic heterocycles. The van der Waals surface area contributed by atoms with Gasteiger partial charge >= 0.3 is 0 Å². The van der Waals surface area contributed by atoms with E-state index in [-0.39, 0.29) is 11.5 Å². The summed E-state index contributed by atoms with van der Waals surface area (Å²) in [5.41, 5.74) is 0.0644. The van der Waals surface area contributed by atoms with Gasteiger partial charge in [-0.15, -0.1) is 10.2 Å². The van der Waals surface area contributed by atoms with Crippen molar-refractivity contribution in [3.8, 4) is 0 Å². The minimum atomic E-state index is -0.318. The largest absolute Gasteiger partial charge is 0.462 e. The number of nitrogens with zero attached hydrogens (tertiary/aromatic N) is 3. The van der Waals surface area contributed by atoms with Crippen molar-refractivity contribution in [2.45, 2.75) is 46.6 Å². The highest BCUT2D eigenvalue weighted by molar-refractivity contribution is 5.92. The van der Waals surface area contributed by atoms with E-state index in [1.165, 1.54) is 0 Å². The van der Waals surface area contributed by atoms with Crippen molar-refractivity contribution in [2.75, 3.05) is 37.6 Å². The first kappa shape index (κ1) is 22.8. The molecule has 0 spiro atoms. The molecular formula is C19H33N5O3. The number of carbonyl (C=O) groups is 2. The molecule has 0 unspecified atom stereocenters. The Morgan fingerprint density at radius 1 is 1.30 bits per heavy atom. The molecule has 8 heteroatoms. The van der Waals surface area contributed by atoms with E-state index < -0.39 is 0 Å². The minimum Gasteiger partial charge on any atom is -0.462 e. The molecule has 1 fully saturated rings. The Balaban J connectivity index is 0.000000445. The van der Waals surface area contributed by atoms with Crippen LogP contribution in [0.2, 0.25) is 0 Å². The SMILES string of the molecule is CC(C)(C)OC=O.CC(C)CCNC(=O)c1ccc(N2CCNCC2)nn1. The molecule has 152 valence electrons. The Morgan fingerprint density at radius 2 is 1.96 bits per heavy atom. The fraction of sp³-hybridized carbons (Fsp3) is 0.684. The van der Waals surface area contributed by atoms with Gasteiger partial charge in [-0.3, -0.25) is 9.59 Å². The first-order valence-corrected chi connectivity index (χ1v) is 9.42. The summed E-state index contributed by atoms with van der Waals surface area (Å²) in [6.07, 6.45) is 0.970. The molecule has 2 N–H and O–H groups in total. The zero-order valence-electron chi connectivity index (χ0n) is 17.1. The normalized spacial score (nSPS) is 14.2. The van der Waals surface area contributed by atoms with Crippen LogP contribution in [0, 0.1) is 5.92 Å². The van der Waals surface area contributed by atoms with E-state index in [0.717, 1.165) is 38.4 Å². The molecule has 2 rings (SSSR count). The Morgan fingerprint density at radius 3 is 2.41 bits per heavy atom. The molecule has 0 saturated carbocycles. The Hall–Kier alpha value is -2.22. The number of rotatable bonds is 6. The van der Waals surface area contributed by atoms with Crippen LogP contribution in [0.15, 0.2) is 12.1 Å². The summed E-state index contributed by atoms with van der Waals surface area (Å²) in [4.78, 5) is 23.6. The van der Waals surface area contributed by atoms with Gasteiger partial charge in [-0.2, -0.15) is 0 Å². The molecule has 0 bridgehead atoms. The number of hydrogen-bond donors (Lipinski definition) is 2. The summed E-state index contributed by atoms with van der Waals surface area (Å²) in [7, 11) is 0. The lowest BCUT2D eigenvalue weighted by molar-refractivity contribution is -0.138. The van der Waals surface area contributed by atoms with Gasteiger partial charge in [0.1, 0.15) is 5.60 Å². The molecular weight excluding hydrogens is 346 g/mol. The number of nitrogens with one attached hydrogen (secondary N) is 2. The van der Waals surface area contributed by atoms with Gasteiger partial charge in [-0.05, 0) is 45.2 Å². The second-order valence-electron chi connectivity index (χ2n) is 7.78. The van der Waals surface area contributed by atoms with Gasteiger partial charge in [0.15, 0.2) is 11.5 Å². The lowest BCUT2D eigenvalue weighted by Crippen LogP contribution is -2.44. The molecule has 1 aliphatic heterocycles. The molecule has 0 atom stereocenters. The minimum absolute atomic E-state index is 0.148. The van der Waals surface area contributed by atoms with Crippen LogP contribution < -0.4 is 15.5 Å². The van der Waals surface area contributed by atoms with Crippen LogP contribution in [0.5, 0.6) is 0 Å². The average molecular weight is 380 g/mol. The molecule has 27 heavy (non-hydrogen) atoms. The van der Waals surface area contributed by atoms with Crippen molar-refractivity contribution in [3.63, 3.8) is 0 Å². The molecule has 1 saturated heterocycles. The highest BCUT2D eigenvalue weighted by atomic mass is 16.5. The van der Waals surface area contributed by atoms with Crippen LogP contribution in [-0.4, -0.2) is 60.9 Å². The zero-order valence-corrected chi connectivity index (χ0v) is 17.1. The van der Waals surface area contributed by atoms with Crippen molar-refractivity contribution >= 4 is 18.2 Å². The predicted molar refractivity (Wildman–Crippen MR) is 106 cm³/mol. The van der Waals surface area contributed by atoms with E-state index in [1.54, 1.807) is 6.07 Å². The maximum atomic E-state index is 11.9. The third-order valence-corrected chi connectivity index (χ3v) is 3.73. The van der Waals surface area contributed by atoms with E-state index in [9.17, 15) is 9.59 Å².